The third kappa shape index (κ3) is 1.35. The molecule has 1 aliphatic rings. The highest BCUT2D eigenvalue weighted by atomic mass is 16.5. The maximum atomic E-state index is 5.90. The molecule has 4 rings (SSSR count). The van der Waals surface area contributed by atoms with Crippen LogP contribution in [0.2, 0.25) is 0 Å². The lowest BCUT2D eigenvalue weighted by Gasteiger charge is -2.04. The van der Waals surface area contributed by atoms with Crippen LogP contribution in [0.1, 0.15) is 5.56 Å². The molecule has 2 heteroatoms. The lowest BCUT2D eigenvalue weighted by molar-refractivity contribution is 0.357. The van der Waals surface area contributed by atoms with Gasteiger partial charge in [-0.1, -0.05) is 30.3 Å². The van der Waals surface area contributed by atoms with E-state index in [1.807, 2.05) is 18.2 Å². The molecular weight excluding hydrogens is 224 g/mol. The molecule has 2 heterocycles. The van der Waals surface area contributed by atoms with Crippen LogP contribution in [-0.4, -0.2) is 6.61 Å². The molecule has 1 aromatic heterocycles. The average Bonchev–Trinajstić information content (AvgIpc) is 3.04. The van der Waals surface area contributed by atoms with Crippen LogP contribution in [0.3, 0.4) is 0 Å². The molecule has 88 valence electrons. The Morgan fingerprint density at radius 3 is 2.83 bits per heavy atom. The summed E-state index contributed by atoms with van der Waals surface area (Å²) in [6.45, 7) is 0.770. The van der Waals surface area contributed by atoms with E-state index in [0.717, 1.165) is 41.1 Å². The molecule has 0 fully saturated rings. The molecule has 0 aliphatic carbocycles. The van der Waals surface area contributed by atoms with Gasteiger partial charge in [0.2, 0.25) is 0 Å². The maximum absolute atomic E-state index is 5.90. The summed E-state index contributed by atoms with van der Waals surface area (Å²) in [6.07, 6.45) is 0.989. The van der Waals surface area contributed by atoms with Gasteiger partial charge in [-0.3, -0.25) is 0 Å². The van der Waals surface area contributed by atoms with Crippen LogP contribution in [0.4, 0.5) is 0 Å². The minimum atomic E-state index is 0.770. The van der Waals surface area contributed by atoms with Crippen LogP contribution in [0.5, 0.6) is 5.75 Å². The lowest BCUT2D eigenvalue weighted by atomic mass is 10.1. The summed E-state index contributed by atoms with van der Waals surface area (Å²) in [5.74, 6) is 1.87. The second kappa shape index (κ2) is 3.64. The van der Waals surface area contributed by atoms with Crippen LogP contribution in [0, 0.1) is 0 Å². The van der Waals surface area contributed by atoms with E-state index < -0.39 is 0 Å². The number of hydrogen-bond acceptors (Lipinski definition) is 2. The Kier molecular flexibility index (Phi) is 1.97. The zero-order valence-electron chi connectivity index (χ0n) is 9.85. The van der Waals surface area contributed by atoms with Crippen molar-refractivity contribution in [3.05, 3.63) is 54.1 Å². The van der Waals surface area contributed by atoms with Crippen molar-refractivity contribution in [2.75, 3.05) is 6.61 Å². The lowest BCUT2D eigenvalue weighted by Crippen LogP contribution is -1.87. The van der Waals surface area contributed by atoms with Crippen molar-refractivity contribution in [3.8, 4) is 17.1 Å². The Morgan fingerprint density at radius 2 is 1.89 bits per heavy atom. The van der Waals surface area contributed by atoms with E-state index in [1.165, 1.54) is 5.56 Å². The Hall–Kier alpha value is -2.22. The first-order chi connectivity index (χ1) is 8.92. The predicted molar refractivity (Wildman–Crippen MR) is 70.8 cm³/mol. The van der Waals surface area contributed by atoms with Crippen molar-refractivity contribution in [1.82, 2.24) is 0 Å². The molecule has 0 saturated carbocycles. The van der Waals surface area contributed by atoms with E-state index in [-0.39, 0.29) is 0 Å². The molecule has 0 atom stereocenters. The molecule has 18 heavy (non-hydrogen) atoms. The number of ether oxygens (including phenoxy) is 1. The topological polar surface area (TPSA) is 22.4 Å². The standard InChI is InChI=1S/C16H12O2/c1-2-7-14-12(4-1)10-15(18-14)13-6-3-5-11-8-9-17-16(11)13/h1-7,10H,8-9H2. The Labute approximate surface area is 105 Å². The van der Waals surface area contributed by atoms with Gasteiger partial charge in [0.1, 0.15) is 17.1 Å². The van der Waals surface area contributed by atoms with E-state index in [4.69, 9.17) is 9.15 Å². The average molecular weight is 236 g/mol. The summed E-state index contributed by atoms with van der Waals surface area (Å²) in [4.78, 5) is 0. The summed E-state index contributed by atoms with van der Waals surface area (Å²) >= 11 is 0. The zero-order chi connectivity index (χ0) is 11.9. The second-order valence-corrected chi connectivity index (χ2v) is 4.54. The van der Waals surface area contributed by atoms with E-state index in [1.54, 1.807) is 0 Å². The molecule has 3 aromatic rings. The highest BCUT2D eigenvalue weighted by Crippen LogP contribution is 2.38. The van der Waals surface area contributed by atoms with Crippen LogP contribution in [0.25, 0.3) is 22.3 Å². The van der Waals surface area contributed by atoms with Gasteiger partial charge in [0.05, 0.1) is 12.2 Å². The van der Waals surface area contributed by atoms with Gasteiger partial charge in [0.25, 0.3) is 0 Å². The van der Waals surface area contributed by atoms with E-state index in [9.17, 15) is 0 Å². The highest BCUT2D eigenvalue weighted by molar-refractivity contribution is 5.84. The van der Waals surface area contributed by atoms with Gasteiger partial charge in [0.15, 0.2) is 0 Å². The number of para-hydroxylation sites is 2. The molecule has 0 spiro atoms. The number of fused-ring (bicyclic) bond motifs is 2. The fourth-order valence-corrected chi connectivity index (χ4v) is 2.52. The summed E-state index contributed by atoms with van der Waals surface area (Å²) in [7, 11) is 0. The fraction of sp³-hybridized carbons (Fsp3) is 0.125. The monoisotopic (exact) mass is 236 g/mol. The molecule has 0 radical (unpaired) electrons. The smallest absolute Gasteiger partial charge is 0.139 e. The third-order valence-corrected chi connectivity index (χ3v) is 3.41. The summed E-state index contributed by atoms with van der Waals surface area (Å²) in [6, 6.07) is 16.4. The van der Waals surface area contributed by atoms with Crippen molar-refractivity contribution >= 4 is 11.0 Å². The molecule has 1 aliphatic heterocycles. The molecule has 2 aromatic carbocycles. The number of furan rings is 1. The largest absolute Gasteiger partial charge is 0.492 e. The Balaban J connectivity index is 1.95. The highest BCUT2D eigenvalue weighted by Gasteiger charge is 2.19. The first-order valence-corrected chi connectivity index (χ1v) is 6.15. The van der Waals surface area contributed by atoms with Crippen molar-refractivity contribution in [1.29, 1.82) is 0 Å². The van der Waals surface area contributed by atoms with Crippen molar-refractivity contribution in [2.45, 2.75) is 6.42 Å². The van der Waals surface area contributed by atoms with Gasteiger partial charge in [-0.2, -0.15) is 0 Å². The first kappa shape index (κ1) is 9.77. The minimum Gasteiger partial charge on any atom is -0.492 e. The van der Waals surface area contributed by atoms with Gasteiger partial charge in [-0.05, 0) is 23.8 Å². The molecular formula is C16H12O2. The SMILES string of the molecule is c1cc2c(c(-c3cc4ccccc4o3)c1)OCC2. The quantitative estimate of drug-likeness (QED) is 0.636. The summed E-state index contributed by atoms with van der Waals surface area (Å²) in [5.41, 5.74) is 3.25. The molecule has 0 amide bonds. The third-order valence-electron chi connectivity index (χ3n) is 3.41. The maximum Gasteiger partial charge on any atom is 0.139 e. The van der Waals surface area contributed by atoms with Gasteiger partial charge in [-0.15, -0.1) is 0 Å². The Morgan fingerprint density at radius 1 is 0.944 bits per heavy atom. The number of benzene rings is 2. The molecule has 0 unspecified atom stereocenters. The normalized spacial score (nSPS) is 13.6. The fourth-order valence-electron chi connectivity index (χ4n) is 2.52. The van der Waals surface area contributed by atoms with E-state index >= 15 is 0 Å². The van der Waals surface area contributed by atoms with E-state index in [0.29, 0.717) is 0 Å². The van der Waals surface area contributed by atoms with Crippen molar-refractivity contribution in [3.63, 3.8) is 0 Å². The molecule has 2 nitrogen and oxygen atoms in total. The van der Waals surface area contributed by atoms with Crippen molar-refractivity contribution < 1.29 is 9.15 Å². The minimum absolute atomic E-state index is 0.770. The van der Waals surface area contributed by atoms with Gasteiger partial charge in [-0.25, -0.2) is 0 Å². The van der Waals surface area contributed by atoms with Crippen LogP contribution in [0.15, 0.2) is 52.9 Å². The molecule has 0 bridgehead atoms. The van der Waals surface area contributed by atoms with Crippen LogP contribution in [-0.2, 0) is 6.42 Å². The van der Waals surface area contributed by atoms with Gasteiger partial charge < -0.3 is 9.15 Å². The second-order valence-electron chi connectivity index (χ2n) is 4.54. The molecule has 0 saturated heterocycles. The van der Waals surface area contributed by atoms with Crippen molar-refractivity contribution in [2.24, 2.45) is 0 Å². The first-order valence-electron chi connectivity index (χ1n) is 6.15. The van der Waals surface area contributed by atoms with Gasteiger partial charge >= 0.3 is 0 Å². The number of rotatable bonds is 1. The van der Waals surface area contributed by atoms with Gasteiger partial charge in [0, 0.05) is 11.8 Å². The Bertz CT molecular complexity index is 692. The summed E-state index contributed by atoms with van der Waals surface area (Å²) < 4.78 is 11.6. The van der Waals surface area contributed by atoms with E-state index in [2.05, 4.69) is 30.3 Å². The zero-order valence-corrected chi connectivity index (χ0v) is 9.85. The summed E-state index contributed by atoms with van der Waals surface area (Å²) in [5, 5.41) is 1.13. The van der Waals surface area contributed by atoms with Crippen LogP contribution >= 0.6 is 0 Å². The van der Waals surface area contributed by atoms with Crippen LogP contribution < -0.4 is 4.74 Å². The predicted octanol–water partition coefficient (Wildman–Crippen LogP) is 4.03. The number of hydrogen-bond donors (Lipinski definition) is 0. The molecule has 0 N–H and O–H groups in total.